The molecule has 1 aromatic carbocycles. The molecule has 3 aromatic rings. The number of thiophene rings is 1. The number of aryl methyl sites for hydroxylation is 1. The van der Waals surface area contributed by atoms with Crippen molar-refractivity contribution in [3.8, 4) is 10.6 Å². The molecule has 2 aromatic heterocycles. The van der Waals surface area contributed by atoms with Gasteiger partial charge in [-0.1, -0.05) is 19.9 Å². The summed E-state index contributed by atoms with van der Waals surface area (Å²) in [7, 11) is -3.86. The number of nitrogens with one attached hydrogen (secondary N) is 1. The Kier molecular flexibility index (Phi) is 7.10. The van der Waals surface area contributed by atoms with Crippen molar-refractivity contribution in [2.24, 2.45) is 0 Å². The summed E-state index contributed by atoms with van der Waals surface area (Å²) in [5.74, 6) is -0.759. The van der Waals surface area contributed by atoms with Gasteiger partial charge in [-0.25, -0.2) is 18.4 Å². The standard InChI is InChI=1S/C28H30F3N5O3S2/c1-3-16-11-18-15-35(4-2)8-7-17(18)12-21(16)33-27-32-14-20(28(29,30)31)24(34-27)22-13-23-25(40-22)26(37)36(19-5-6-19)9-10-41(23,38)39/h11-14,19H,3-10,15H2,1-2H3,(H,32,33,34). The number of carbonyl (C=O) groups is 1. The number of anilines is 2. The minimum Gasteiger partial charge on any atom is -0.334 e. The molecular weight excluding hydrogens is 575 g/mol. The van der Waals surface area contributed by atoms with Gasteiger partial charge in [0.2, 0.25) is 5.95 Å². The van der Waals surface area contributed by atoms with Crippen LogP contribution in [0.2, 0.25) is 0 Å². The number of hydrogen-bond acceptors (Lipinski definition) is 8. The van der Waals surface area contributed by atoms with Crippen LogP contribution in [0.1, 0.15) is 58.6 Å². The van der Waals surface area contributed by atoms with Crippen LogP contribution in [0.15, 0.2) is 29.3 Å². The Hall–Kier alpha value is -3.03. The van der Waals surface area contributed by atoms with Gasteiger partial charge in [-0.2, -0.15) is 13.2 Å². The molecule has 0 unspecified atom stereocenters. The minimum atomic E-state index is -4.79. The van der Waals surface area contributed by atoms with Crippen LogP contribution in [-0.2, 0) is 35.4 Å². The third-order valence-corrected chi connectivity index (χ3v) is 11.0. The molecule has 1 aliphatic carbocycles. The van der Waals surface area contributed by atoms with Gasteiger partial charge >= 0.3 is 6.18 Å². The fourth-order valence-corrected chi connectivity index (χ4v) is 8.44. The van der Waals surface area contributed by atoms with E-state index in [1.165, 1.54) is 22.1 Å². The molecule has 2 aliphatic heterocycles. The number of hydrogen-bond donors (Lipinski definition) is 1. The number of nitrogens with zero attached hydrogens (tertiary/aromatic N) is 4. The second-order valence-corrected chi connectivity index (χ2v) is 13.8. The van der Waals surface area contributed by atoms with Gasteiger partial charge in [0.1, 0.15) is 10.4 Å². The highest BCUT2D eigenvalue weighted by Gasteiger charge is 2.41. The summed E-state index contributed by atoms with van der Waals surface area (Å²) in [5.41, 5.74) is 2.58. The first kappa shape index (κ1) is 28.1. The number of sulfone groups is 1. The summed E-state index contributed by atoms with van der Waals surface area (Å²) in [6, 6.07) is 5.29. The molecule has 6 rings (SSSR count). The van der Waals surface area contributed by atoms with Crippen LogP contribution >= 0.6 is 11.3 Å². The molecule has 0 saturated heterocycles. The van der Waals surface area contributed by atoms with Crippen LogP contribution in [0, 0.1) is 0 Å². The predicted octanol–water partition coefficient (Wildman–Crippen LogP) is 5.30. The van der Waals surface area contributed by atoms with Crippen LogP contribution in [0.3, 0.4) is 0 Å². The number of likely N-dealkylation sites (N-methyl/N-ethyl adjacent to an activating group) is 1. The van der Waals surface area contributed by atoms with Crippen molar-refractivity contribution in [1.82, 2.24) is 19.8 Å². The molecule has 1 amide bonds. The molecule has 0 radical (unpaired) electrons. The lowest BCUT2D eigenvalue weighted by Crippen LogP contribution is -2.34. The van der Waals surface area contributed by atoms with E-state index in [1.807, 2.05) is 13.0 Å². The molecular formula is C28H30F3N5O3S2. The summed E-state index contributed by atoms with van der Waals surface area (Å²) in [6.07, 6.45) is -0.933. The zero-order chi connectivity index (χ0) is 29.1. The number of rotatable bonds is 6. The van der Waals surface area contributed by atoms with Gasteiger partial charge in [0.05, 0.1) is 21.2 Å². The molecule has 3 aliphatic rings. The van der Waals surface area contributed by atoms with Gasteiger partial charge in [-0.15, -0.1) is 11.3 Å². The lowest BCUT2D eigenvalue weighted by molar-refractivity contribution is -0.137. The summed E-state index contributed by atoms with van der Waals surface area (Å²) in [4.78, 5) is 25.1. The van der Waals surface area contributed by atoms with Crippen LogP contribution in [0.25, 0.3) is 10.6 Å². The molecule has 13 heteroatoms. The van der Waals surface area contributed by atoms with Crippen molar-refractivity contribution < 1.29 is 26.4 Å². The highest BCUT2D eigenvalue weighted by molar-refractivity contribution is 7.91. The Labute approximate surface area is 240 Å². The Morgan fingerprint density at radius 1 is 1.12 bits per heavy atom. The topological polar surface area (TPSA) is 95.5 Å². The second-order valence-electron chi connectivity index (χ2n) is 10.7. The first-order valence-electron chi connectivity index (χ1n) is 13.7. The number of amides is 1. The molecule has 8 nitrogen and oxygen atoms in total. The average Bonchev–Trinajstić information content (AvgIpc) is 3.68. The zero-order valence-electron chi connectivity index (χ0n) is 22.7. The van der Waals surface area contributed by atoms with Crippen molar-refractivity contribution in [3.05, 3.63) is 51.5 Å². The monoisotopic (exact) mass is 605 g/mol. The lowest BCUT2D eigenvalue weighted by atomic mass is 9.95. The highest BCUT2D eigenvalue weighted by Crippen LogP contribution is 2.43. The maximum atomic E-state index is 14.1. The number of carbonyl (C=O) groups excluding carboxylic acids is 1. The minimum absolute atomic E-state index is 0.0239. The number of halogens is 3. The normalized spacial score (nSPS) is 19.0. The molecule has 1 saturated carbocycles. The van der Waals surface area contributed by atoms with Gasteiger partial charge < -0.3 is 10.2 Å². The van der Waals surface area contributed by atoms with Crippen molar-refractivity contribution in [2.75, 3.05) is 30.7 Å². The van der Waals surface area contributed by atoms with E-state index in [9.17, 15) is 26.4 Å². The molecule has 41 heavy (non-hydrogen) atoms. The van der Waals surface area contributed by atoms with Gasteiger partial charge in [0.25, 0.3) is 5.91 Å². The summed E-state index contributed by atoms with van der Waals surface area (Å²) < 4.78 is 68.5. The number of aromatic nitrogens is 2. The van der Waals surface area contributed by atoms with E-state index in [-0.39, 0.29) is 38.9 Å². The van der Waals surface area contributed by atoms with Crippen molar-refractivity contribution in [3.63, 3.8) is 0 Å². The quantitative estimate of drug-likeness (QED) is 0.408. The number of alkyl halides is 3. The molecule has 4 heterocycles. The van der Waals surface area contributed by atoms with Gasteiger partial charge in [-0.3, -0.25) is 9.69 Å². The predicted molar refractivity (Wildman–Crippen MR) is 150 cm³/mol. The van der Waals surface area contributed by atoms with Crippen molar-refractivity contribution in [1.29, 1.82) is 0 Å². The maximum Gasteiger partial charge on any atom is 0.420 e. The Morgan fingerprint density at radius 3 is 2.59 bits per heavy atom. The van der Waals surface area contributed by atoms with E-state index < -0.39 is 33.2 Å². The van der Waals surface area contributed by atoms with Crippen LogP contribution in [0.4, 0.5) is 24.8 Å². The largest absolute Gasteiger partial charge is 0.420 e. The first-order valence-corrected chi connectivity index (χ1v) is 16.2. The molecule has 1 N–H and O–H groups in total. The van der Waals surface area contributed by atoms with E-state index in [0.29, 0.717) is 12.6 Å². The molecule has 0 spiro atoms. The van der Waals surface area contributed by atoms with Crippen molar-refractivity contribution in [2.45, 2.75) is 63.2 Å². The van der Waals surface area contributed by atoms with E-state index in [2.05, 4.69) is 33.2 Å². The average molecular weight is 606 g/mol. The Morgan fingerprint density at radius 2 is 1.90 bits per heavy atom. The number of benzene rings is 1. The van der Waals surface area contributed by atoms with E-state index in [4.69, 9.17) is 0 Å². The number of fused-ring (bicyclic) bond motifs is 2. The van der Waals surface area contributed by atoms with Crippen LogP contribution in [-0.4, -0.2) is 65.5 Å². The summed E-state index contributed by atoms with van der Waals surface area (Å²) in [6.45, 7) is 6.95. The fraction of sp³-hybridized carbons (Fsp3) is 0.464. The highest BCUT2D eigenvalue weighted by atomic mass is 32.2. The maximum absolute atomic E-state index is 14.1. The lowest BCUT2D eigenvalue weighted by Gasteiger charge is -2.29. The smallest absolute Gasteiger partial charge is 0.334 e. The van der Waals surface area contributed by atoms with Gasteiger partial charge in [0.15, 0.2) is 9.84 Å². The third-order valence-electron chi connectivity index (χ3n) is 8.00. The fourth-order valence-electron chi connectivity index (χ4n) is 5.52. The molecule has 1 fully saturated rings. The molecule has 218 valence electrons. The Balaban J connectivity index is 1.41. The second kappa shape index (κ2) is 10.4. The van der Waals surface area contributed by atoms with E-state index in [1.54, 1.807) is 0 Å². The zero-order valence-corrected chi connectivity index (χ0v) is 24.3. The van der Waals surface area contributed by atoms with Gasteiger partial charge in [0, 0.05) is 37.6 Å². The molecule has 0 atom stereocenters. The SMILES string of the molecule is CCc1cc2c(cc1Nc1ncc(C(F)(F)F)c(-c3cc4c(s3)C(=O)N(C3CC3)CCS4(=O)=O)n1)CCN(CC)C2. The van der Waals surface area contributed by atoms with Crippen molar-refractivity contribution >= 4 is 38.7 Å². The summed E-state index contributed by atoms with van der Waals surface area (Å²) >= 11 is 0.742. The van der Waals surface area contributed by atoms with E-state index >= 15 is 0 Å². The first-order chi connectivity index (χ1) is 19.5. The van der Waals surface area contributed by atoms with Gasteiger partial charge in [-0.05, 0) is 61.1 Å². The Bertz CT molecular complexity index is 1630. The molecule has 0 bridgehead atoms. The summed E-state index contributed by atoms with van der Waals surface area (Å²) in [5, 5.41) is 3.12. The van der Waals surface area contributed by atoms with Crippen LogP contribution in [0.5, 0.6) is 0 Å². The van der Waals surface area contributed by atoms with E-state index in [0.717, 1.165) is 61.5 Å². The van der Waals surface area contributed by atoms with Crippen LogP contribution < -0.4 is 5.32 Å². The third kappa shape index (κ3) is 5.35.